The highest BCUT2D eigenvalue weighted by atomic mass is 16.5. The molecule has 0 saturated heterocycles. The number of aromatic nitrogens is 2. The van der Waals surface area contributed by atoms with E-state index in [1.54, 1.807) is 13.1 Å². The molecular formula is C24H25N3O4. The van der Waals surface area contributed by atoms with Crippen molar-refractivity contribution in [1.29, 1.82) is 0 Å². The first-order chi connectivity index (χ1) is 15.0. The van der Waals surface area contributed by atoms with E-state index in [0.717, 1.165) is 11.1 Å². The zero-order chi connectivity index (χ0) is 21.8. The van der Waals surface area contributed by atoms with Crippen molar-refractivity contribution in [3.8, 4) is 11.1 Å². The molecule has 2 aromatic carbocycles. The smallest absolute Gasteiger partial charge is 0.407 e. The number of ether oxygens (including phenoxy) is 1. The predicted molar refractivity (Wildman–Crippen MR) is 115 cm³/mol. The lowest BCUT2D eigenvalue weighted by atomic mass is 9.98. The Hall–Kier alpha value is -3.29. The Morgan fingerprint density at radius 2 is 1.71 bits per heavy atom. The van der Waals surface area contributed by atoms with E-state index in [0.29, 0.717) is 11.4 Å². The lowest BCUT2D eigenvalue weighted by Gasteiger charge is -2.18. The van der Waals surface area contributed by atoms with Crippen molar-refractivity contribution < 1.29 is 19.7 Å². The SMILES string of the molecule is Cc1cncc(C(O)C(O)CCNC(=O)OCC2c3ccccc3-c3ccccc32)n1. The summed E-state index contributed by atoms with van der Waals surface area (Å²) < 4.78 is 5.47. The molecule has 0 radical (unpaired) electrons. The molecule has 1 aliphatic rings. The minimum Gasteiger partial charge on any atom is -0.449 e. The van der Waals surface area contributed by atoms with Gasteiger partial charge in [0.1, 0.15) is 12.7 Å². The fourth-order valence-electron chi connectivity index (χ4n) is 3.95. The third kappa shape index (κ3) is 4.57. The Bertz CT molecular complexity index is 1030. The van der Waals surface area contributed by atoms with Crippen LogP contribution >= 0.6 is 0 Å². The molecule has 7 nitrogen and oxygen atoms in total. The maximum absolute atomic E-state index is 12.2. The van der Waals surface area contributed by atoms with Gasteiger partial charge in [-0.2, -0.15) is 0 Å². The molecule has 4 rings (SSSR count). The van der Waals surface area contributed by atoms with Crippen LogP contribution in [0.3, 0.4) is 0 Å². The van der Waals surface area contributed by atoms with Crippen LogP contribution in [0.5, 0.6) is 0 Å². The molecular weight excluding hydrogens is 394 g/mol. The first-order valence-electron chi connectivity index (χ1n) is 10.3. The highest BCUT2D eigenvalue weighted by molar-refractivity contribution is 5.79. The number of nitrogens with one attached hydrogen (secondary N) is 1. The van der Waals surface area contributed by atoms with Crippen molar-refractivity contribution in [2.45, 2.75) is 31.5 Å². The summed E-state index contributed by atoms with van der Waals surface area (Å²) in [5, 5.41) is 23.0. The number of aliphatic hydroxyl groups is 2. The number of fused-ring (bicyclic) bond motifs is 3. The van der Waals surface area contributed by atoms with Crippen molar-refractivity contribution in [3.63, 3.8) is 0 Å². The summed E-state index contributed by atoms with van der Waals surface area (Å²) in [7, 11) is 0. The minimum atomic E-state index is -1.17. The van der Waals surface area contributed by atoms with E-state index < -0.39 is 18.3 Å². The maximum Gasteiger partial charge on any atom is 0.407 e. The second-order valence-electron chi connectivity index (χ2n) is 7.64. The van der Waals surface area contributed by atoms with Gasteiger partial charge in [-0.1, -0.05) is 48.5 Å². The quantitative estimate of drug-likeness (QED) is 0.544. The van der Waals surface area contributed by atoms with Crippen LogP contribution in [0, 0.1) is 6.92 Å². The molecule has 0 saturated carbocycles. The fraction of sp³-hybridized carbons (Fsp3) is 0.292. The minimum absolute atomic E-state index is 0.00884. The fourth-order valence-corrected chi connectivity index (χ4v) is 3.95. The third-order valence-electron chi connectivity index (χ3n) is 5.49. The number of aryl methyl sites for hydroxylation is 1. The van der Waals surface area contributed by atoms with Crippen LogP contribution in [0.25, 0.3) is 11.1 Å². The van der Waals surface area contributed by atoms with Crippen molar-refractivity contribution in [2.75, 3.05) is 13.2 Å². The van der Waals surface area contributed by atoms with Gasteiger partial charge in [-0.05, 0) is 35.6 Å². The standard InChI is InChI=1S/C24H25N3O4/c1-15-12-25-13-21(27-15)23(29)22(28)10-11-26-24(30)31-14-20-18-8-4-2-6-16(18)17-7-3-5-9-19(17)20/h2-9,12-13,20,22-23,28-29H,10-11,14H2,1H3,(H,26,30). The van der Waals surface area contributed by atoms with Crippen molar-refractivity contribution in [3.05, 3.63) is 83.4 Å². The molecule has 1 amide bonds. The predicted octanol–water partition coefficient (Wildman–Crippen LogP) is 3.11. The van der Waals surface area contributed by atoms with E-state index in [-0.39, 0.29) is 25.5 Å². The molecule has 0 bridgehead atoms. The summed E-state index contributed by atoms with van der Waals surface area (Å²) in [4.78, 5) is 20.3. The lowest BCUT2D eigenvalue weighted by molar-refractivity contribution is 0.0109. The number of carbonyl (C=O) groups excluding carboxylic acids is 1. The lowest BCUT2D eigenvalue weighted by Crippen LogP contribution is -2.31. The summed E-state index contributed by atoms with van der Waals surface area (Å²) in [6.07, 6.45) is 0.336. The average Bonchev–Trinajstić information content (AvgIpc) is 3.11. The molecule has 160 valence electrons. The third-order valence-corrected chi connectivity index (χ3v) is 5.49. The van der Waals surface area contributed by atoms with Gasteiger partial charge in [0.2, 0.25) is 0 Å². The zero-order valence-corrected chi connectivity index (χ0v) is 17.2. The van der Waals surface area contributed by atoms with Crippen LogP contribution in [0.1, 0.15) is 41.0 Å². The topological polar surface area (TPSA) is 105 Å². The molecule has 7 heteroatoms. The number of carbonyl (C=O) groups is 1. The summed E-state index contributed by atoms with van der Waals surface area (Å²) in [6, 6.07) is 16.3. The van der Waals surface area contributed by atoms with Crippen LogP contribution < -0.4 is 5.32 Å². The van der Waals surface area contributed by atoms with Crippen LogP contribution in [0.2, 0.25) is 0 Å². The number of nitrogens with zero attached hydrogens (tertiary/aromatic N) is 2. The van der Waals surface area contributed by atoms with Crippen molar-refractivity contribution in [2.24, 2.45) is 0 Å². The molecule has 2 unspecified atom stereocenters. The average molecular weight is 419 g/mol. The molecule has 3 aromatic rings. The number of amides is 1. The Kier molecular flexibility index (Phi) is 6.25. The number of hydrogen-bond acceptors (Lipinski definition) is 6. The van der Waals surface area contributed by atoms with Crippen LogP contribution in [-0.2, 0) is 4.74 Å². The Balaban J connectivity index is 1.28. The number of aliphatic hydroxyl groups excluding tert-OH is 2. The van der Waals surface area contributed by atoms with Gasteiger partial charge in [0.25, 0.3) is 0 Å². The van der Waals surface area contributed by atoms with Gasteiger partial charge in [0.05, 0.1) is 23.7 Å². The molecule has 3 N–H and O–H groups in total. The Labute approximate surface area is 180 Å². The van der Waals surface area contributed by atoms with Gasteiger partial charge in [0.15, 0.2) is 0 Å². The van der Waals surface area contributed by atoms with Gasteiger partial charge in [0, 0.05) is 18.7 Å². The number of benzene rings is 2. The number of hydrogen-bond donors (Lipinski definition) is 3. The summed E-state index contributed by atoms with van der Waals surface area (Å²) >= 11 is 0. The summed E-state index contributed by atoms with van der Waals surface area (Å²) in [6.45, 7) is 2.15. The summed E-state index contributed by atoms with van der Waals surface area (Å²) in [5.41, 5.74) is 5.59. The van der Waals surface area contributed by atoms with Crippen LogP contribution in [0.15, 0.2) is 60.9 Å². The molecule has 0 aliphatic heterocycles. The Morgan fingerprint density at radius 3 is 2.35 bits per heavy atom. The van der Waals surface area contributed by atoms with E-state index in [1.165, 1.54) is 17.3 Å². The van der Waals surface area contributed by atoms with Crippen LogP contribution in [-0.4, -0.2) is 45.5 Å². The molecule has 0 spiro atoms. The van der Waals surface area contributed by atoms with E-state index in [9.17, 15) is 15.0 Å². The van der Waals surface area contributed by atoms with E-state index in [4.69, 9.17) is 4.74 Å². The van der Waals surface area contributed by atoms with Gasteiger partial charge < -0.3 is 20.3 Å². The first kappa shape index (κ1) is 21.0. The molecule has 1 aromatic heterocycles. The number of alkyl carbamates (subject to hydrolysis) is 1. The highest BCUT2D eigenvalue weighted by Crippen LogP contribution is 2.44. The Morgan fingerprint density at radius 1 is 1.06 bits per heavy atom. The molecule has 0 fully saturated rings. The molecule has 2 atom stereocenters. The van der Waals surface area contributed by atoms with Gasteiger partial charge in [-0.3, -0.25) is 9.97 Å². The van der Waals surface area contributed by atoms with Gasteiger partial charge in [-0.15, -0.1) is 0 Å². The van der Waals surface area contributed by atoms with Gasteiger partial charge >= 0.3 is 6.09 Å². The number of rotatable bonds is 7. The normalized spacial score (nSPS) is 14.4. The maximum atomic E-state index is 12.2. The molecule has 1 aliphatic carbocycles. The highest BCUT2D eigenvalue weighted by Gasteiger charge is 2.29. The molecule has 1 heterocycles. The monoisotopic (exact) mass is 419 g/mol. The largest absolute Gasteiger partial charge is 0.449 e. The van der Waals surface area contributed by atoms with E-state index in [2.05, 4.69) is 39.6 Å². The summed E-state index contributed by atoms with van der Waals surface area (Å²) in [5.74, 6) is -0.00884. The second-order valence-corrected chi connectivity index (χ2v) is 7.64. The first-order valence-corrected chi connectivity index (χ1v) is 10.3. The van der Waals surface area contributed by atoms with E-state index in [1.807, 2.05) is 24.3 Å². The second kappa shape index (κ2) is 9.24. The zero-order valence-electron chi connectivity index (χ0n) is 17.2. The molecule has 31 heavy (non-hydrogen) atoms. The van der Waals surface area contributed by atoms with Crippen molar-refractivity contribution in [1.82, 2.24) is 15.3 Å². The van der Waals surface area contributed by atoms with Gasteiger partial charge in [-0.25, -0.2) is 4.79 Å². The van der Waals surface area contributed by atoms with Crippen LogP contribution in [0.4, 0.5) is 4.79 Å². The van der Waals surface area contributed by atoms with E-state index >= 15 is 0 Å². The van der Waals surface area contributed by atoms with Crippen molar-refractivity contribution >= 4 is 6.09 Å².